The van der Waals surface area contributed by atoms with Crippen LogP contribution in [0.5, 0.6) is 0 Å². The molecule has 0 spiro atoms. The number of nitrogens with one attached hydrogen (secondary N) is 1. The molecule has 0 unspecified atom stereocenters. The predicted octanol–water partition coefficient (Wildman–Crippen LogP) is 0.798. The Kier molecular flexibility index (Phi) is 3.50. The zero-order valence-corrected chi connectivity index (χ0v) is 10.4. The fourth-order valence-corrected chi connectivity index (χ4v) is 2.09. The highest BCUT2D eigenvalue weighted by Gasteiger charge is 2.16. The Hall–Kier alpha value is -2.04. The van der Waals surface area contributed by atoms with E-state index in [2.05, 4.69) is 5.32 Å². The summed E-state index contributed by atoms with van der Waals surface area (Å²) in [7, 11) is 0. The molecule has 1 aromatic rings. The predicted molar refractivity (Wildman–Crippen MR) is 70.7 cm³/mol. The number of amides is 1. The van der Waals surface area contributed by atoms with E-state index in [-0.39, 0.29) is 11.7 Å². The van der Waals surface area contributed by atoms with Gasteiger partial charge in [0.2, 0.25) is 5.91 Å². The number of nitrogens with zero attached hydrogens (tertiary/aromatic N) is 1. The largest absolute Gasteiger partial charge is 0.398 e. The second-order valence-corrected chi connectivity index (χ2v) is 4.45. The molecule has 1 amide bonds. The highest BCUT2D eigenvalue weighted by molar-refractivity contribution is 5.99. The van der Waals surface area contributed by atoms with Crippen LogP contribution >= 0.6 is 0 Å². The lowest BCUT2D eigenvalue weighted by molar-refractivity contribution is -0.119. The lowest BCUT2D eigenvalue weighted by Crippen LogP contribution is -2.33. The molecular formula is C13H17N3O2. The van der Waals surface area contributed by atoms with E-state index in [1.807, 2.05) is 11.0 Å². The number of hydrogen-bond acceptors (Lipinski definition) is 4. The van der Waals surface area contributed by atoms with Crippen molar-refractivity contribution < 1.29 is 9.59 Å². The Morgan fingerprint density at radius 2 is 2.22 bits per heavy atom. The van der Waals surface area contributed by atoms with Crippen LogP contribution < -0.4 is 16.0 Å². The molecule has 1 fully saturated rings. The van der Waals surface area contributed by atoms with Crippen LogP contribution in [-0.4, -0.2) is 31.3 Å². The Morgan fingerprint density at radius 1 is 1.44 bits per heavy atom. The van der Waals surface area contributed by atoms with E-state index in [0.717, 1.165) is 18.7 Å². The first-order valence-electron chi connectivity index (χ1n) is 6.00. The monoisotopic (exact) mass is 247 g/mol. The first-order chi connectivity index (χ1) is 8.58. The van der Waals surface area contributed by atoms with E-state index in [9.17, 15) is 9.59 Å². The molecule has 0 aromatic heterocycles. The van der Waals surface area contributed by atoms with Crippen LogP contribution in [0.2, 0.25) is 0 Å². The maximum atomic E-state index is 11.5. The lowest BCUT2D eigenvalue weighted by atomic mass is 10.1. The molecule has 96 valence electrons. The zero-order chi connectivity index (χ0) is 13.1. The molecule has 0 radical (unpaired) electrons. The van der Waals surface area contributed by atoms with Crippen LogP contribution in [0.4, 0.5) is 11.4 Å². The summed E-state index contributed by atoms with van der Waals surface area (Å²) < 4.78 is 0. The number of Topliss-reactive ketones (excluding diaryl/α,β-unsaturated/α-hetero) is 1. The van der Waals surface area contributed by atoms with E-state index in [0.29, 0.717) is 24.3 Å². The Labute approximate surface area is 106 Å². The average Bonchev–Trinajstić information content (AvgIpc) is 2.53. The minimum absolute atomic E-state index is 0.0155. The summed E-state index contributed by atoms with van der Waals surface area (Å²) in [6.07, 6.45) is 0.903. The molecule has 0 atom stereocenters. The summed E-state index contributed by atoms with van der Waals surface area (Å²) in [4.78, 5) is 24.8. The molecule has 1 aliphatic heterocycles. The smallest absolute Gasteiger partial charge is 0.239 e. The Morgan fingerprint density at radius 3 is 2.89 bits per heavy atom. The van der Waals surface area contributed by atoms with Gasteiger partial charge in [-0.25, -0.2) is 0 Å². The summed E-state index contributed by atoms with van der Waals surface area (Å²) in [5.74, 6) is -0.0330. The molecule has 1 heterocycles. The highest BCUT2D eigenvalue weighted by Crippen LogP contribution is 2.22. The summed E-state index contributed by atoms with van der Waals surface area (Å²) in [6.45, 7) is 3.33. The SMILES string of the molecule is CC(=O)c1ccc(N2CCCNC(=O)C2)cc1N. The van der Waals surface area contributed by atoms with E-state index < -0.39 is 0 Å². The van der Waals surface area contributed by atoms with Gasteiger partial charge in [-0.1, -0.05) is 0 Å². The summed E-state index contributed by atoms with van der Waals surface area (Å²) in [5.41, 5.74) is 7.73. The lowest BCUT2D eigenvalue weighted by Gasteiger charge is -2.22. The number of nitrogen functional groups attached to an aromatic ring is 1. The molecule has 5 nitrogen and oxygen atoms in total. The van der Waals surface area contributed by atoms with Crippen molar-refractivity contribution in [2.75, 3.05) is 30.3 Å². The second-order valence-electron chi connectivity index (χ2n) is 4.45. The van der Waals surface area contributed by atoms with Gasteiger partial charge in [0.1, 0.15) is 0 Å². The quantitative estimate of drug-likeness (QED) is 0.598. The summed E-state index contributed by atoms with van der Waals surface area (Å²) in [5, 5.41) is 2.82. The number of carbonyl (C=O) groups is 2. The number of carbonyl (C=O) groups excluding carboxylic acids is 2. The molecule has 5 heteroatoms. The van der Waals surface area contributed by atoms with Crippen molar-refractivity contribution in [1.29, 1.82) is 0 Å². The highest BCUT2D eigenvalue weighted by atomic mass is 16.2. The molecule has 1 aliphatic rings. The normalized spacial score (nSPS) is 16.1. The second kappa shape index (κ2) is 5.08. The summed E-state index contributed by atoms with van der Waals surface area (Å²) in [6, 6.07) is 5.32. The molecule has 18 heavy (non-hydrogen) atoms. The van der Waals surface area contributed by atoms with Gasteiger partial charge in [0.05, 0.1) is 6.54 Å². The summed E-state index contributed by atoms with van der Waals surface area (Å²) >= 11 is 0. The topological polar surface area (TPSA) is 75.4 Å². The molecule has 0 saturated carbocycles. The van der Waals surface area contributed by atoms with Crippen molar-refractivity contribution in [3.05, 3.63) is 23.8 Å². The van der Waals surface area contributed by atoms with E-state index >= 15 is 0 Å². The van der Waals surface area contributed by atoms with E-state index in [4.69, 9.17) is 5.73 Å². The van der Waals surface area contributed by atoms with Crippen molar-refractivity contribution in [1.82, 2.24) is 5.32 Å². The molecule has 0 aliphatic carbocycles. The molecule has 1 saturated heterocycles. The first kappa shape index (κ1) is 12.4. The van der Waals surface area contributed by atoms with Gasteiger partial charge in [-0.15, -0.1) is 0 Å². The van der Waals surface area contributed by atoms with Crippen LogP contribution in [0.3, 0.4) is 0 Å². The molecule has 2 rings (SSSR count). The number of benzene rings is 1. The molecule has 3 N–H and O–H groups in total. The van der Waals surface area contributed by atoms with Crippen LogP contribution in [-0.2, 0) is 4.79 Å². The van der Waals surface area contributed by atoms with Crippen LogP contribution in [0.15, 0.2) is 18.2 Å². The van der Waals surface area contributed by atoms with Gasteiger partial charge in [-0.3, -0.25) is 9.59 Å². The fourth-order valence-electron chi connectivity index (χ4n) is 2.09. The fraction of sp³-hybridized carbons (Fsp3) is 0.385. The third kappa shape index (κ3) is 2.61. The van der Waals surface area contributed by atoms with Gasteiger partial charge in [0.15, 0.2) is 5.78 Å². The van der Waals surface area contributed by atoms with E-state index in [1.54, 1.807) is 12.1 Å². The zero-order valence-electron chi connectivity index (χ0n) is 10.4. The third-order valence-electron chi connectivity index (χ3n) is 3.04. The van der Waals surface area contributed by atoms with Crippen molar-refractivity contribution in [3.8, 4) is 0 Å². The number of anilines is 2. The van der Waals surface area contributed by atoms with Crippen LogP contribution in [0.1, 0.15) is 23.7 Å². The third-order valence-corrected chi connectivity index (χ3v) is 3.04. The first-order valence-corrected chi connectivity index (χ1v) is 6.00. The van der Waals surface area contributed by atoms with Crippen LogP contribution in [0.25, 0.3) is 0 Å². The maximum absolute atomic E-state index is 11.5. The van der Waals surface area contributed by atoms with Crippen molar-refractivity contribution in [2.24, 2.45) is 0 Å². The minimum atomic E-state index is -0.0485. The average molecular weight is 247 g/mol. The number of hydrogen-bond donors (Lipinski definition) is 2. The Balaban J connectivity index is 2.25. The number of ketones is 1. The number of rotatable bonds is 2. The van der Waals surface area contributed by atoms with Gasteiger partial charge in [-0.05, 0) is 31.5 Å². The van der Waals surface area contributed by atoms with Crippen LogP contribution in [0, 0.1) is 0 Å². The molecule has 0 bridgehead atoms. The number of nitrogens with two attached hydrogens (primary N) is 1. The molecule has 1 aromatic carbocycles. The van der Waals surface area contributed by atoms with Crippen molar-refractivity contribution in [3.63, 3.8) is 0 Å². The minimum Gasteiger partial charge on any atom is -0.398 e. The van der Waals surface area contributed by atoms with Crippen molar-refractivity contribution >= 4 is 23.1 Å². The van der Waals surface area contributed by atoms with Gasteiger partial charge in [0, 0.05) is 30.0 Å². The van der Waals surface area contributed by atoms with Gasteiger partial charge in [-0.2, -0.15) is 0 Å². The van der Waals surface area contributed by atoms with Crippen molar-refractivity contribution in [2.45, 2.75) is 13.3 Å². The van der Waals surface area contributed by atoms with Gasteiger partial charge < -0.3 is 16.0 Å². The van der Waals surface area contributed by atoms with E-state index in [1.165, 1.54) is 6.92 Å². The maximum Gasteiger partial charge on any atom is 0.239 e. The van der Waals surface area contributed by atoms with Gasteiger partial charge >= 0.3 is 0 Å². The molecular weight excluding hydrogens is 230 g/mol. The Bertz CT molecular complexity index is 485. The van der Waals surface area contributed by atoms with Gasteiger partial charge in [0.25, 0.3) is 0 Å². The standard InChI is InChI=1S/C13H17N3O2/c1-9(17)11-4-3-10(7-12(11)14)16-6-2-5-15-13(18)8-16/h3-4,7H,2,5-6,8,14H2,1H3,(H,15,18).